The standard InChI is InChI=1S/C89H171NO5/c1-3-5-7-9-11-13-15-17-19-20-21-22-23-39-42-45-48-51-54-57-61-65-69-73-77-81-87(92)86(85-91)90-88(93)82-78-74-70-66-62-58-55-52-49-46-43-40-37-35-33-31-29-27-25-24-26-28-30-32-34-36-38-41-44-47-50-53-56-60-64-68-72-76-80-84-95-89(94)83-79-75-71-67-63-59-18-16-14-12-10-8-6-4-2/h16,18,24-25,77,81,86-87,91-92H,3-15,17,19-23,26-76,78-80,82-85H2,1-2H3,(H,90,93)/b18-16-,25-24-,81-77+. The minimum absolute atomic E-state index is 0.0146. The van der Waals surface area contributed by atoms with E-state index in [9.17, 15) is 19.8 Å². The van der Waals surface area contributed by atoms with Gasteiger partial charge in [-0.2, -0.15) is 0 Å². The van der Waals surface area contributed by atoms with E-state index in [0.29, 0.717) is 19.4 Å². The van der Waals surface area contributed by atoms with E-state index in [2.05, 4.69) is 43.5 Å². The van der Waals surface area contributed by atoms with Gasteiger partial charge in [-0.15, -0.1) is 0 Å². The van der Waals surface area contributed by atoms with E-state index in [1.807, 2.05) is 6.08 Å². The molecular weight excluding hydrogens is 1160 g/mol. The highest BCUT2D eigenvalue weighted by Crippen LogP contribution is 2.21. The maximum Gasteiger partial charge on any atom is 0.305 e. The van der Waals surface area contributed by atoms with E-state index in [-0.39, 0.29) is 18.5 Å². The lowest BCUT2D eigenvalue weighted by molar-refractivity contribution is -0.143. The zero-order valence-corrected chi connectivity index (χ0v) is 64.7. The summed E-state index contributed by atoms with van der Waals surface area (Å²) in [4.78, 5) is 24.6. The molecule has 6 heteroatoms. The molecule has 3 N–H and O–H groups in total. The van der Waals surface area contributed by atoms with Crippen LogP contribution in [0.3, 0.4) is 0 Å². The molecule has 0 radical (unpaired) electrons. The number of aliphatic hydroxyl groups excluding tert-OH is 2. The van der Waals surface area contributed by atoms with Gasteiger partial charge in [0.25, 0.3) is 0 Å². The molecule has 0 spiro atoms. The van der Waals surface area contributed by atoms with Gasteiger partial charge >= 0.3 is 5.97 Å². The van der Waals surface area contributed by atoms with Crippen LogP contribution in [0.15, 0.2) is 36.5 Å². The molecule has 0 aliphatic rings. The van der Waals surface area contributed by atoms with E-state index in [0.717, 1.165) is 44.9 Å². The van der Waals surface area contributed by atoms with Crippen molar-refractivity contribution >= 4 is 11.9 Å². The molecule has 1 amide bonds. The Bertz CT molecular complexity index is 1540. The highest BCUT2D eigenvalue weighted by atomic mass is 16.5. The van der Waals surface area contributed by atoms with E-state index in [1.54, 1.807) is 6.08 Å². The molecule has 0 rings (SSSR count). The predicted octanol–water partition coefficient (Wildman–Crippen LogP) is 29.3. The number of nitrogens with one attached hydrogen (secondary N) is 1. The molecular formula is C89H171NO5. The molecule has 0 aliphatic heterocycles. The van der Waals surface area contributed by atoms with Crippen molar-refractivity contribution in [2.45, 2.75) is 508 Å². The predicted molar refractivity (Wildman–Crippen MR) is 421 cm³/mol. The Morgan fingerprint density at radius 2 is 0.495 bits per heavy atom. The van der Waals surface area contributed by atoms with Gasteiger partial charge in [0.2, 0.25) is 5.91 Å². The zero-order valence-electron chi connectivity index (χ0n) is 64.7. The van der Waals surface area contributed by atoms with E-state index in [1.165, 1.54) is 424 Å². The van der Waals surface area contributed by atoms with Gasteiger partial charge < -0.3 is 20.3 Å². The molecule has 0 heterocycles. The van der Waals surface area contributed by atoms with Gasteiger partial charge in [-0.3, -0.25) is 9.59 Å². The molecule has 2 atom stereocenters. The number of carbonyl (C=O) groups excluding carboxylic acids is 2. The first-order valence-corrected chi connectivity index (χ1v) is 43.8. The number of aliphatic hydroxyl groups is 2. The lowest BCUT2D eigenvalue weighted by Gasteiger charge is -2.20. The fourth-order valence-corrected chi connectivity index (χ4v) is 14.0. The lowest BCUT2D eigenvalue weighted by Crippen LogP contribution is -2.45. The van der Waals surface area contributed by atoms with Crippen molar-refractivity contribution in [1.29, 1.82) is 0 Å². The average Bonchev–Trinajstić information content (AvgIpc) is 3.11. The first-order valence-electron chi connectivity index (χ1n) is 43.8. The van der Waals surface area contributed by atoms with Crippen molar-refractivity contribution in [2.24, 2.45) is 0 Å². The van der Waals surface area contributed by atoms with Crippen LogP contribution in [0.25, 0.3) is 0 Å². The first-order chi connectivity index (χ1) is 47.0. The number of rotatable bonds is 83. The third kappa shape index (κ3) is 80.9. The molecule has 562 valence electrons. The van der Waals surface area contributed by atoms with Crippen molar-refractivity contribution in [2.75, 3.05) is 13.2 Å². The van der Waals surface area contributed by atoms with Crippen LogP contribution < -0.4 is 5.32 Å². The molecule has 0 aromatic rings. The summed E-state index contributed by atoms with van der Waals surface area (Å²) >= 11 is 0. The normalized spacial score (nSPS) is 12.6. The second kappa shape index (κ2) is 84.5. The van der Waals surface area contributed by atoms with Gasteiger partial charge in [0.1, 0.15) is 0 Å². The van der Waals surface area contributed by atoms with Crippen molar-refractivity contribution < 1.29 is 24.5 Å². The summed E-state index contributed by atoms with van der Waals surface area (Å²) < 4.78 is 5.50. The topological polar surface area (TPSA) is 95.9 Å². The summed E-state index contributed by atoms with van der Waals surface area (Å²) in [6.07, 6.45) is 112. The Hall–Kier alpha value is -1.92. The van der Waals surface area contributed by atoms with Crippen LogP contribution in [0.1, 0.15) is 495 Å². The van der Waals surface area contributed by atoms with Crippen molar-refractivity contribution in [3.63, 3.8) is 0 Å². The maximum absolute atomic E-state index is 12.6. The second-order valence-electron chi connectivity index (χ2n) is 30.2. The number of amides is 1. The molecule has 0 bridgehead atoms. The Kier molecular flexibility index (Phi) is 82.8. The fourth-order valence-electron chi connectivity index (χ4n) is 14.0. The molecule has 0 saturated heterocycles. The fraction of sp³-hybridized carbons (Fsp3) is 0.910. The van der Waals surface area contributed by atoms with Crippen LogP contribution in [-0.2, 0) is 14.3 Å². The zero-order chi connectivity index (χ0) is 68.4. The molecule has 0 aromatic heterocycles. The highest BCUT2D eigenvalue weighted by molar-refractivity contribution is 5.76. The van der Waals surface area contributed by atoms with Crippen LogP contribution in [0.5, 0.6) is 0 Å². The SMILES string of the molecule is CCCCCCC/C=C\CCCCCCCC(=O)OCCCCCCCCCCCCCCCCCCCC/C=C\CCCCCCCCCCCCCCCCCCCC(=O)NC(CO)C(O)/C=C/CCCCCCCCCCCCCCCCCCCCCCCCC. The minimum atomic E-state index is -0.843. The van der Waals surface area contributed by atoms with E-state index in [4.69, 9.17) is 4.74 Å². The molecule has 0 saturated carbocycles. The molecule has 6 nitrogen and oxygen atoms in total. The summed E-state index contributed by atoms with van der Waals surface area (Å²) in [6.45, 7) is 4.95. The molecule has 2 unspecified atom stereocenters. The summed E-state index contributed by atoms with van der Waals surface area (Å²) in [5.74, 6) is -0.0434. The van der Waals surface area contributed by atoms with Gasteiger partial charge in [-0.05, 0) is 83.5 Å². The monoisotopic (exact) mass is 1330 g/mol. The summed E-state index contributed by atoms with van der Waals surface area (Å²) in [5.41, 5.74) is 0. The van der Waals surface area contributed by atoms with Crippen LogP contribution in [0.2, 0.25) is 0 Å². The van der Waals surface area contributed by atoms with Gasteiger partial charge in [-0.25, -0.2) is 0 Å². The van der Waals surface area contributed by atoms with Gasteiger partial charge in [-0.1, -0.05) is 436 Å². The first kappa shape index (κ1) is 93.1. The number of unbranched alkanes of at least 4 members (excludes halogenated alkanes) is 68. The van der Waals surface area contributed by atoms with Crippen LogP contribution in [0.4, 0.5) is 0 Å². The second-order valence-corrected chi connectivity index (χ2v) is 30.2. The summed E-state index contributed by atoms with van der Waals surface area (Å²) in [7, 11) is 0. The Morgan fingerprint density at radius 1 is 0.284 bits per heavy atom. The molecule has 0 fully saturated rings. The average molecular weight is 1340 g/mol. The van der Waals surface area contributed by atoms with Crippen LogP contribution in [0, 0.1) is 0 Å². The van der Waals surface area contributed by atoms with Crippen molar-refractivity contribution in [3.8, 4) is 0 Å². The van der Waals surface area contributed by atoms with Gasteiger partial charge in [0, 0.05) is 12.8 Å². The van der Waals surface area contributed by atoms with Crippen LogP contribution >= 0.6 is 0 Å². The number of carbonyl (C=O) groups is 2. The number of ether oxygens (including phenoxy) is 1. The number of esters is 1. The number of hydrogen-bond acceptors (Lipinski definition) is 5. The largest absolute Gasteiger partial charge is 0.466 e. The third-order valence-electron chi connectivity index (χ3n) is 20.6. The van der Waals surface area contributed by atoms with E-state index >= 15 is 0 Å². The maximum atomic E-state index is 12.6. The van der Waals surface area contributed by atoms with E-state index < -0.39 is 12.1 Å². The summed E-state index contributed by atoms with van der Waals surface area (Å²) in [6, 6.07) is -0.626. The molecule has 0 aromatic carbocycles. The quantitative estimate of drug-likeness (QED) is 0.0320. The third-order valence-corrected chi connectivity index (χ3v) is 20.6. The minimum Gasteiger partial charge on any atom is -0.466 e. The highest BCUT2D eigenvalue weighted by Gasteiger charge is 2.18. The van der Waals surface area contributed by atoms with Crippen molar-refractivity contribution in [1.82, 2.24) is 5.32 Å². The summed E-state index contributed by atoms with van der Waals surface area (Å²) in [5, 5.41) is 23.3. The van der Waals surface area contributed by atoms with Gasteiger partial charge in [0.05, 0.1) is 25.4 Å². The Balaban J connectivity index is 3.35. The number of allylic oxidation sites excluding steroid dienone is 5. The van der Waals surface area contributed by atoms with Crippen LogP contribution in [-0.4, -0.2) is 47.4 Å². The van der Waals surface area contributed by atoms with Gasteiger partial charge in [0.15, 0.2) is 0 Å². The van der Waals surface area contributed by atoms with Crippen molar-refractivity contribution in [3.05, 3.63) is 36.5 Å². The number of hydrogen-bond donors (Lipinski definition) is 3. The smallest absolute Gasteiger partial charge is 0.305 e. The Labute approximate surface area is 595 Å². The lowest BCUT2D eigenvalue weighted by atomic mass is 10.0. The molecule has 0 aliphatic carbocycles. The Morgan fingerprint density at radius 3 is 0.747 bits per heavy atom. The molecule has 95 heavy (non-hydrogen) atoms.